The second kappa shape index (κ2) is 5.84. The van der Waals surface area contributed by atoms with Crippen LogP contribution in [-0.2, 0) is 14.3 Å². The first-order chi connectivity index (χ1) is 7.22. The molecule has 0 aromatic heterocycles. The Morgan fingerprint density at radius 2 is 1.88 bits per heavy atom. The molecule has 0 aromatic carbocycles. The first-order valence-electron chi connectivity index (χ1n) is 5.33. The molecule has 3 N–H and O–H groups in total. The van der Waals surface area contributed by atoms with Crippen LogP contribution in [0.2, 0.25) is 0 Å². The van der Waals surface area contributed by atoms with Crippen molar-refractivity contribution < 1.29 is 14.3 Å². The number of carbonyl (C=O) groups excluding carboxylic acids is 2. The zero-order valence-electron chi connectivity index (χ0n) is 10.7. The van der Waals surface area contributed by atoms with E-state index < -0.39 is 17.4 Å². The lowest BCUT2D eigenvalue weighted by atomic mass is 9.92. The molecule has 16 heavy (non-hydrogen) atoms. The van der Waals surface area contributed by atoms with Gasteiger partial charge in [0.2, 0.25) is 5.91 Å². The van der Waals surface area contributed by atoms with Gasteiger partial charge in [0.1, 0.15) is 0 Å². The standard InChI is InChI=1S/C11H22N2O3/c1-7(2)8(9(12)14)13-6-11(3,4)10(15)16-5/h7-8,13H,6H2,1-5H3,(H2,12,14). The SMILES string of the molecule is COC(=O)C(C)(C)CNC(C(N)=O)C(C)C. The second-order valence-electron chi connectivity index (χ2n) is 4.88. The summed E-state index contributed by atoms with van der Waals surface area (Å²) in [6, 6.07) is -0.427. The van der Waals surface area contributed by atoms with Gasteiger partial charge in [0.15, 0.2) is 0 Å². The Bertz CT molecular complexity index is 262. The van der Waals surface area contributed by atoms with Crippen LogP contribution < -0.4 is 11.1 Å². The van der Waals surface area contributed by atoms with Crippen molar-refractivity contribution in [2.75, 3.05) is 13.7 Å². The normalized spacial score (nSPS) is 13.6. The van der Waals surface area contributed by atoms with Gasteiger partial charge in [-0.3, -0.25) is 9.59 Å². The van der Waals surface area contributed by atoms with Crippen LogP contribution in [0.1, 0.15) is 27.7 Å². The van der Waals surface area contributed by atoms with E-state index in [9.17, 15) is 9.59 Å². The maximum absolute atomic E-state index is 11.4. The first-order valence-corrected chi connectivity index (χ1v) is 5.33. The largest absolute Gasteiger partial charge is 0.469 e. The molecule has 5 heteroatoms. The number of nitrogens with two attached hydrogens (primary N) is 1. The van der Waals surface area contributed by atoms with Crippen molar-refractivity contribution in [3.05, 3.63) is 0 Å². The van der Waals surface area contributed by atoms with Gasteiger partial charge in [-0.15, -0.1) is 0 Å². The van der Waals surface area contributed by atoms with Gasteiger partial charge in [0.05, 0.1) is 18.6 Å². The van der Waals surface area contributed by atoms with Gasteiger partial charge in [-0.2, -0.15) is 0 Å². The lowest BCUT2D eigenvalue weighted by molar-refractivity contribution is -0.150. The van der Waals surface area contributed by atoms with Crippen LogP contribution in [0.4, 0.5) is 0 Å². The van der Waals surface area contributed by atoms with Gasteiger partial charge in [-0.25, -0.2) is 0 Å². The average Bonchev–Trinajstić information content (AvgIpc) is 2.15. The number of hydrogen-bond acceptors (Lipinski definition) is 4. The van der Waals surface area contributed by atoms with E-state index >= 15 is 0 Å². The zero-order chi connectivity index (χ0) is 12.9. The number of ether oxygens (including phenoxy) is 1. The van der Waals surface area contributed by atoms with Crippen molar-refractivity contribution in [3.8, 4) is 0 Å². The lowest BCUT2D eigenvalue weighted by Gasteiger charge is -2.26. The molecule has 0 saturated heterocycles. The van der Waals surface area contributed by atoms with Crippen molar-refractivity contribution in [1.29, 1.82) is 0 Å². The molecule has 0 aliphatic heterocycles. The van der Waals surface area contributed by atoms with Crippen LogP contribution in [-0.4, -0.2) is 31.6 Å². The Kier molecular flexibility index (Phi) is 5.44. The van der Waals surface area contributed by atoms with Crippen LogP contribution in [0.15, 0.2) is 0 Å². The maximum atomic E-state index is 11.4. The molecule has 5 nitrogen and oxygen atoms in total. The quantitative estimate of drug-likeness (QED) is 0.642. The second-order valence-corrected chi connectivity index (χ2v) is 4.88. The molecule has 0 bridgehead atoms. The first kappa shape index (κ1) is 14.9. The minimum Gasteiger partial charge on any atom is -0.469 e. The summed E-state index contributed by atoms with van der Waals surface area (Å²) >= 11 is 0. The predicted molar refractivity (Wildman–Crippen MR) is 61.6 cm³/mol. The lowest BCUT2D eigenvalue weighted by Crippen LogP contribution is -2.49. The fraction of sp³-hybridized carbons (Fsp3) is 0.818. The van der Waals surface area contributed by atoms with Gasteiger partial charge < -0.3 is 15.8 Å². The smallest absolute Gasteiger partial charge is 0.312 e. The molecule has 94 valence electrons. The number of hydrogen-bond donors (Lipinski definition) is 2. The van der Waals surface area contributed by atoms with E-state index in [0.29, 0.717) is 6.54 Å². The van der Waals surface area contributed by atoms with E-state index in [2.05, 4.69) is 10.1 Å². The highest BCUT2D eigenvalue weighted by Gasteiger charge is 2.30. The summed E-state index contributed by atoms with van der Waals surface area (Å²) in [7, 11) is 1.35. The third-order valence-electron chi connectivity index (χ3n) is 2.48. The molecular weight excluding hydrogens is 208 g/mol. The molecule has 0 heterocycles. The summed E-state index contributed by atoms with van der Waals surface area (Å²) in [4.78, 5) is 22.5. The predicted octanol–water partition coefficient (Wildman–Crippen LogP) is 0.285. The minimum absolute atomic E-state index is 0.0888. The van der Waals surface area contributed by atoms with E-state index in [-0.39, 0.29) is 11.9 Å². The average molecular weight is 230 g/mol. The molecule has 1 amide bonds. The molecule has 0 aromatic rings. The van der Waals surface area contributed by atoms with Gasteiger partial charge in [-0.05, 0) is 19.8 Å². The third kappa shape index (κ3) is 4.18. The summed E-state index contributed by atoms with van der Waals surface area (Å²) in [6.07, 6.45) is 0. The van der Waals surface area contributed by atoms with E-state index in [0.717, 1.165) is 0 Å². The fourth-order valence-corrected chi connectivity index (χ4v) is 1.38. The molecule has 1 atom stereocenters. The van der Waals surface area contributed by atoms with Crippen LogP contribution in [0.3, 0.4) is 0 Å². The molecule has 0 fully saturated rings. The topological polar surface area (TPSA) is 81.4 Å². The Balaban J connectivity index is 4.41. The Morgan fingerprint density at radius 1 is 1.38 bits per heavy atom. The molecular formula is C11H22N2O3. The van der Waals surface area contributed by atoms with Crippen molar-refractivity contribution in [1.82, 2.24) is 5.32 Å². The number of esters is 1. The molecule has 0 saturated carbocycles. The summed E-state index contributed by atoms with van der Waals surface area (Å²) in [5.74, 6) is -0.631. The molecule has 0 spiro atoms. The fourth-order valence-electron chi connectivity index (χ4n) is 1.38. The van der Waals surface area contributed by atoms with Crippen LogP contribution in [0, 0.1) is 11.3 Å². The molecule has 0 aliphatic carbocycles. The van der Waals surface area contributed by atoms with Gasteiger partial charge in [0, 0.05) is 6.54 Å². The highest BCUT2D eigenvalue weighted by atomic mass is 16.5. The monoisotopic (exact) mass is 230 g/mol. The minimum atomic E-state index is -0.669. The zero-order valence-corrected chi connectivity index (χ0v) is 10.7. The summed E-state index contributed by atoms with van der Waals surface area (Å²) in [6.45, 7) is 7.65. The van der Waals surface area contributed by atoms with Gasteiger partial charge in [0.25, 0.3) is 0 Å². The van der Waals surface area contributed by atoms with Crippen molar-refractivity contribution >= 4 is 11.9 Å². The van der Waals surface area contributed by atoms with Crippen molar-refractivity contribution in [3.63, 3.8) is 0 Å². The van der Waals surface area contributed by atoms with Gasteiger partial charge in [-0.1, -0.05) is 13.8 Å². The number of rotatable bonds is 6. The van der Waals surface area contributed by atoms with E-state index in [1.807, 2.05) is 13.8 Å². The highest BCUT2D eigenvalue weighted by molar-refractivity contribution is 5.80. The number of carbonyl (C=O) groups is 2. The highest BCUT2D eigenvalue weighted by Crippen LogP contribution is 2.16. The number of amides is 1. The van der Waals surface area contributed by atoms with Crippen LogP contribution in [0.25, 0.3) is 0 Å². The van der Waals surface area contributed by atoms with Crippen LogP contribution >= 0.6 is 0 Å². The number of nitrogens with one attached hydrogen (secondary N) is 1. The van der Waals surface area contributed by atoms with E-state index in [1.54, 1.807) is 13.8 Å². The van der Waals surface area contributed by atoms with Crippen molar-refractivity contribution in [2.24, 2.45) is 17.1 Å². The molecule has 1 unspecified atom stereocenters. The summed E-state index contributed by atoms with van der Waals surface area (Å²) in [5, 5.41) is 3.00. The van der Waals surface area contributed by atoms with Gasteiger partial charge >= 0.3 is 5.97 Å². The summed E-state index contributed by atoms with van der Waals surface area (Å²) in [5.41, 5.74) is 4.59. The molecule has 0 rings (SSSR count). The molecule has 0 aliphatic rings. The Hall–Kier alpha value is -1.10. The van der Waals surface area contributed by atoms with Crippen molar-refractivity contribution in [2.45, 2.75) is 33.7 Å². The number of primary amides is 1. The van der Waals surface area contributed by atoms with E-state index in [1.165, 1.54) is 7.11 Å². The Labute approximate surface area is 96.7 Å². The number of methoxy groups -OCH3 is 1. The summed E-state index contributed by atoms with van der Waals surface area (Å²) < 4.78 is 4.67. The van der Waals surface area contributed by atoms with Crippen LogP contribution in [0.5, 0.6) is 0 Å². The Morgan fingerprint density at radius 3 is 2.19 bits per heavy atom. The molecule has 0 radical (unpaired) electrons. The maximum Gasteiger partial charge on any atom is 0.312 e. The third-order valence-corrected chi connectivity index (χ3v) is 2.48. The van der Waals surface area contributed by atoms with E-state index in [4.69, 9.17) is 5.73 Å².